The zero-order chi connectivity index (χ0) is 14.2. The van der Waals surface area contributed by atoms with Gasteiger partial charge in [-0.05, 0) is 25.5 Å². The molecule has 2 heterocycles. The summed E-state index contributed by atoms with van der Waals surface area (Å²) in [6.07, 6.45) is 0.721. The number of hydrogen-bond donors (Lipinski definition) is 1. The molecule has 1 aromatic carbocycles. The Hall–Kier alpha value is -2.08. The standard InChI is InChI=1S/C14H17N3O3/c1-3-14(2,15)13-16-12(20-17-13)9-5-4-6-10-11(9)19-8-7-18-10/h4-6H,3,7-8,15H2,1-2H3. The lowest BCUT2D eigenvalue weighted by molar-refractivity contribution is 0.172. The second kappa shape index (κ2) is 4.79. The molecule has 0 amide bonds. The Morgan fingerprint density at radius 3 is 2.90 bits per heavy atom. The van der Waals surface area contributed by atoms with Crippen molar-refractivity contribution in [3.63, 3.8) is 0 Å². The molecule has 1 aliphatic rings. The lowest BCUT2D eigenvalue weighted by Gasteiger charge is -2.19. The van der Waals surface area contributed by atoms with Crippen molar-refractivity contribution in [1.29, 1.82) is 0 Å². The molecule has 106 valence electrons. The van der Waals surface area contributed by atoms with Crippen molar-refractivity contribution in [1.82, 2.24) is 10.1 Å². The van der Waals surface area contributed by atoms with Crippen LogP contribution in [0.5, 0.6) is 11.5 Å². The molecule has 1 atom stereocenters. The highest BCUT2D eigenvalue weighted by Crippen LogP contribution is 2.39. The molecule has 1 aliphatic heterocycles. The zero-order valence-corrected chi connectivity index (χ0v) is 11.5. The monoisotopic (exact) mass is 275 g/mol. The predicted molar refractivity (Wildman–Crippen MR) is 72.6 cm³/mol. The van der Waals surface area contributed by atoms with Crippen LogP contribution in [0.2, 0.25) is 0 Å². The molecule has 6 nitrogen and oxygen atoms in total. The molecule has 3 rings (SSSR count). The average Bonchev–Trinajstić information content (AvgIpc) is 2.97. The molecule has 0 saturated heterocycles. The fourth-order valence-corrected chi connectivity index (χ4v) is 1.97. The number of nitrogens with zero attached hydrogens (tertiary/aromatic N) is 2. The van der Waals surface area contributed by atoms with Gasteiger partial charge in [-0.15, -0.1) is 0 Å². The van der Waals surface area contributed by atoms with E-state index in [0.29, 0.717) is 36.4 Å². The van der Waals surface area contributed by atoms with E-state index in [1.165, 1.54) is 0 Å². The summed E-state index contributed by atoms with van der Waals surface area (Å²) >= 11 is 0. The summed E-state index contributed by atoms with van der Waals surface area (Å²) in [7, 11) is 0. The lowest BCUT2D eigenvalue weighted by atomic mass is 10.00. The summed E-state index contributed by atoms with van der Waals surface area (Å²) in [4.78, 5) is 4.39. The van der Waals surface area contributed by atoms with E-state index in [4.69, 9.17) is 19.7 Å². The molecular formula is C14H17N3O3. The molecule has 20 heavy (non-hydrogen) atoms. The zero-order valence-electron chi connectivity index (χ0n) is 11.5. The van der Waals surface area contributed by atoms with E-state index >= 15 is 0 Å². The Labute approximate surface area is 116 Å². The highest BCUT2D eigenvalue weighted by molar-refractivity contribution is 5.67. The SMILES string of the molecule is CCC(C)(N)c1noc(-c2cccc3c2OCCO3)n1. The van der Waals surface area contributed by atoms with Gasteiger partial charge in [-0.2, -0.15) is 4.98 Å². The van der Waals surface area contributed by atoms with Gasteiger partial charge in [0.25, 0.3) is 5.89 Å². The molecule has 0 saturated carbocycles. The molecule has 0 fully saturated rings. The van der Waals surface area contributed by atoms with Crippen LogP contribution in [-0.4, -0.2) is 23.4 Å². The van der Waals surface area contributed by atoms with Gasteiger partial charge in [-0.1, -0.05) is 18.1 Å². The molecule has 0 radical (unpaired) electrons. The highest BCUT2D eigenvalue weighted by atomic mass is 16.6. The summed E-state index contributed by atoms with van der Waals surface area (Å²) < 4.78 is 16.5. The molecule has 6 heteroatoms. The minimum Gasteiger partial charge on any atom is -0.486 e. The Bertz CT molecular complexity index is 622. The van der Waals surface area contributed by atoms with Gasteiger partial charge < -0.3 is 19.7 Å². The Morgan fingerprint density at radius 1 is 1.30 bits per heavy atom. The largest absolute Gasteiger partial charge is 0.486 e. The number of benzene rings is 1. The van der Waals surface area contributed by atoms with Gasteiger partial charge in [0.05, 0.1) is 11.1 Å². The van der Waals surface area contributed by atoms with Crippen molar-refractivity contribution in [2.75, 3.05) is 13.2 Å². The Balaban J connectivity index is 2.02. The third-order valence-electron chi connectivity index (χ3n) is 3.47. The van der Waals surface area contributed by atoms with E-state index in [2.05, 4.69) is 10.1 Å². The van der Waals surface area contributed by atoms with Crippen LogP contribution in [0.4, 0.5) is 0 Å². The first-order valence-corrected chi connectivity index (χ1v) is 6.64. The van der Waals surface area contributed by atoms with Gasteiger partial charge in [0.15, 0.2) is 17.3 Å². The van der Waals surface area contributed by atoms with E-state index in [1.54, 1.807) is 0 Å². The predicted octanol–water partition coefficient (Wildman–Crippen LogP) is 2.09. The van der Waals surface area contributed by atoms with Crippen LogP contribution in [0.3, 0.4) is 0 Å². The summed E-state index contributed by atoms with van der Waals surface area (Å²) in [6, 6.07) is 5.59. The maximum absolute atomic E-state index is 6.13. The lowest BCUT2D eigenvalue weighted by Crippen LogP contribution is -2.33. The van der Waals surface area contributed by atoms with Crippen molar-refractivity contribution in [3.05, 3.63) is 24.0 Å². The molecule has 1 unspecified atom stereocenters. The van der Waals surface area contributed by atoms with Crippen LogP contribution < -0.4 is 15.2 Å². The van der Waals surface area contributed by atoms with Gasteiger partial charge in [0.2, 0.25) is 0 Å². The highest BCUT2D eigenvalue weighted by Gasteiger charge is 2.27. The first-order valence-electron chi connectivity index (χ1n) is 6.64. The molecule has 2 aromatic rings. The van der Waals surface area contributed by atoms with E-state index < -0.39 is 5.54 Å². The fourth-order valence-electron chi connectivity index (χ4n) is 1.97. The maximum atomic E-state index is 6.13. The van der Waals surface area contributed by atoms with Crippen molar-refractivity contribution in [2.45, 2.75) is 25.8 Å². The fraction of sp³-hybridized carbons (Fsp3) is 0.429. The molecule has 2 N–H and O–H groups in total. The minimum absolute atomic E-state index is 0.396. The third kappa shape index (κ3) is 2.12. The number of para-hydroxylation sites is 1. The van der Waals surface area contributed by atoms with Gasteiger partial charge >= 0.3 is 0 Å². The second-order valence-corrected chi connectivity index (χ2v) is 5.02. The van der Waals surface area contributed by atoms with Gasteiger partial charge in [0, 0.05) is 0 Å². The first-order chi connectivity index (χ1) is 9.62. The van der Waals surface area contributed by atoms with Crippen molar-refractivity contribution in [2.24, 2.45) is 5.73 Å². The number of fused-ring (bicyclic) bond motifs is 1. The van der Waals surface area contributed by atoms with Gasteiger partial charge in [-0.25, -0.2) is 0 Å². The molecular weight excluding hydrogens is 258 g/mol. The number of rotatable bonds is 3. The summed E-state index contributed by atoms with van der Waals surface area (Å²) in [5.74, 6) is 2.22. The van der Waals surface area contributed by atoms with Crippen LogP contribution in [0.25, 0.3) is 11.5 Å². The average molecular weight is 275 g/mol. The number of ether oxygens (including phenoxy) is 2. The van der Waals surface area contributed by atoms with Crippen molar-refractivity contribution < 1.29 is 14.0 Å². The van der Waals surface area contributed by atoms with Crippen LogP contribution in [0, 0.1) is 0 Å². The second-order valence-electron chi connectivity index (χ2n) is 5.02. The van der Waals surface area contributed by atoms with Gasteiger partial charge in [0.1, 0.15) is 13.2 Å². The summed E-state index contributed by atoms with van der Waals surface area (Å²) in [6.45, 7) is 4.91. The quantitative estimate of drug-likeness (QED) is 0.923. The number of aromatic nitrogens is 2. The molecule has 1 aromatic heterocycles. The number of nitrogens with two attached hydrogens (primary N) is 1. The van der Waals surface area contributed by atoms with Crippen LogP contribution in [-0.2, 0) is 5.54 Å². The molecule has 0 aliphatic carbocycles. The Morgan fingerprint density at radius 2 is 2.10 bits per heavy atom. The third-order valence-corrected chi connectivity index (χ3v) is 3.47. The van der Waals surface area contributed by atoms with E-state index in [0.717, 1.165) is 12.0 Å². The van der Waals surface area contributed by atoms with Crippen LogP contribution in [0.1, 0.15) is 26.1 Å². The van der Waals surface area contributed by atoms with E-state index in [9.17, 15) is 0 Å². The smallest absolute Gasteiger partial charge is 0.261 e. The van der Waals surface area contributed by atoms with Crippen LogP contribution in [0.15, 0.2) is 22.7 Å². The summed E-state index contributed by atoms with van der Waals surface area (Å²) in [5, 5.41) is 3.98. The van der Waals surface area contributed by atoms with Crippen molar-refractivity contribution in [3.8, 4) is 23.0 Å². The first kappa shape index (κ1) is 12.9. The van der Waals surface area contributed by atoms with E-state index in [1.807, 2.05) is 32.0 Å². The molecule has 0 bridgehead atoms. The van der Waals surface area contributed by atoms with Gasteiger partial charge in [-0.3, -0.25) is 0 Å². The topological polar surface area (TPSA) is 83.4 Å². The summed E-state index contributed by atoms with van der Waals surface area (Å²) in [5.41, 5.74) is 6.25. The minimum atomic E-state index is -0.603. The number of hydrogen-bond acceptors (Lipinski definition) is 6. The normalized spacial score (nSPS) is 16.8. The van der Waals surface area contributed by atoms with Crippen LogP contribution >= 0.6 is 0 Å². The Kier molecular flexibility index (Phi) is 3.10. The molecule has 0 spiro atoms. The van der Waals surface area contributed by atoms with Crippen molar-refractivity contribution >= 4 is 0 Å². The maximum Gasteiger partial charge on any atom is 0.261 e. The van der Waals surface area contributed by atoms with E-state index in [-0.39, 0.29) is 0 Å².